The molecule has 0 aliphatic carbocycles. The topological polar surface area (TPSA) is 66.8 Å². The van der Waals surface area contributed by atoms with Crippen molar-refractivity contribution in [3.8, 4) is 5.75 Å². The van der Waals surface area contributed by atoms with Gasteiger partial charge in [0.1, 0.15) is 5.75 Å². The lowest BCUT2D eigenvalue weighted by Crippen LogP contribution is -2.44. The first-order valence-corrected chi connectivity index (χ1v) is 7.66. The maximum Gasteiger partial charge on any atom is 0.308 e. The standard InChI is InChI=1S/C16H20ClNO4/c1-10-6-13(7-11(2)15(10)17)22-9-14(19)18-5-3-4-12(8-18)16(20)21/h6-7,12H,3-5,8-9H2,1-2H3,(H,20,21)/t12-/m0/s1. The Morgan fingerprint density at radius 1 is 1.36 bits per heavy atom. The molecule has 120 valence electrons. The van der Waals surface area contributed by atoms with E-state index in [1.807, 2.05) is 13.8 Å². The second-order valence-corrected chi connectivity index (χ2v) is 6.05. The Kier molecular flexibility index (Phi) is 5.29. The molecule has 1 aromatic carbocycles. The third kappa shape index (κ3) is 3.91. The van der Waals surface area contributed by atoms with E-state index in [0.717, 1.165) is 11.1 Å². The molecule has 1 aromatic rings. The van der Waals surface area contributed by atoms with Crippen molar-refractivity contribution in [1.29, 1.82) is 0 Å². The lowest BCUT2D eigenvalue weighted by Gasteiger charge is -2.30. The summed E-state index contributed by atoms with van der Waals surface area (Å²) in [5.74, 6) is -0.907. The minimum Gasteiger partial charge on any atom is -0.484 e. The summed E-state index contributed by atoms with van der Waals surface area (Å²) in [7, 11) is 0. The van der Waals surface area contributed by atoms with Crippen molar-refractivity contribution in [3.63, 3.8) is 0 Å². The van der Waals surface area contributed by atoms with Crippen LogP contribution in [-0.4, -0.2) is 41.6 Å². The molecule has 0 aromatic heterocycles. The Balaban J connectivity index is 1.94. The zero-order valence-electron chi connectivity index (χ0n) is 12.8. The number of ether oxygens (including phenoxy) is 1. The average Bonchev–Trinajstić information content (AvgIpc) is 2.50. The number of carboxylic acids is 1. The van der Waals surface area contributed by atoms with Crippen LogP contribution in [0.25, 0.3) is 0 Å². The third-order valence-electron chi connectivity index (χ3n) is 3.90. The van der Waals surface area contributed by atoms with E-state index in [2.05, 4.69) is 0 Å². The number of benzene rings is 1. The van der Waals surface area contributed by atoms with Gasteiger partial charge in [-0.05, 0) is 49.9 Å². The number of carbonyl (C=O) groups excluding carboxylic acids is 1. The van der Waals surface area contributed by atoms with Gasteiger partial charge in [-0.3, -0.25) is 9.59 Å². The molecule has 0 saturated carbocycles. The number of halogens is 1. The van der Waals surface area contributed by atoms with Crippen LogP contribution in [0.2, 0.25) is 5.02 Å². The fraction of sp³-hybridized carbons (Fsp3) is 0.500. The van der Waals surface area contributed by atoms with Crippen LogP contribution in [0.15, 0.2) is 12.1 Å². The van der Waals surface area contributed by atoms with Crippen LogP contribution in [0.3, 0.4) is 0 Å². The summed E-state index contributed by atoms with van der Waals surface area (Å²) in [5, 5.41) is 9.74. The van der Waals surface area contributed by atoms with E-state index in [4.69, 9.17) is 21.4 Å². The molecule has 1 aliphatic rings. The Morgan fingerprint density at radius 3 is 2.59 bits per heavy atom. The van der Waals surface area contributed by atoms with Crippen molar-refractivity contribution in [1.82, 2.24) is 4.90 Å². The first-order chi connectivity index (χ1) is 10.4. The Morgan fingerprint density at radius 2 is 2.00 bits per heavy atom. The molecule has 1 heterocycles. The highest BCUT2D eigenvalue weighted by Gasteiger charge is 2.28. The second kappa shape index (κ2) is 7.01. The van der Waals surface area contributed by atoms with Crippen LogP contribution in [0.1, 0.15) is 24.0 Å². The fourth-order valence-corrected chi connectivity index (χ4v) is 2.74. The van der Waals surface area contributed by atoms with Crippen molar-refractivity contribution < 1.29 is 19.4 Å². The van der Waals surface area contributed by atoms with Gasteiger partial charge in [0, 0.05) is 18.1 Å². The number of nitrogens with zero attached hydrogens (tertiary/aromatic N) is 1. The molecule has 6 heteroatoms. The van der Waals surface area contributed by atoms with Gasteiger partial charge in [-0.1, -0.05) is 11.6 Å². The number of amides is 1. The summed E-state index contributed by atoms with van der Waals surface area (Å²) in [4.78, 5) is 24.8. The number of piperidine rings is 1. The number of hydrogen-bond donors (Lipinski definition) is 1. The summed E-state index contributed by atoms with van der Waals surface area (Å²) in [6, 6.07) is 3.58. The predicted molar refractivity (Wildman–Crippen MR) is 83.4 cm³/mol. The summed E-state index contributed by atoms with van der Waals surface area (Å²) >= 11 is 6.09. The number of hydrogen-bond acceptors (Lipinski definition) is 3. The molecule has 2 rings (SSSR count). The monoisotopic (exact) mass is 325 g/mol. The van der Waals surface area contributed by atoms with Crippen LogP contribution in [0.4, 0.5) is 0 Å². The van der Waals surface area contributed by atoms with Crippen molar-refractivity contribution >= 4 is 23.5 Å². The largest absolute Gasteiger partial charge is 0.484 e. The summed E-state index contributed by atoms with van der Waals surface area (Å²) < 4.78 is 5.54. The van der Waals surface area contributed by atoms with Crippen molar-refractivity contribution in [3.05, 3.63) is 28.3 Å². The lowest BCUT2D eigenvalue weighted by molar-refractivity contribution is -0.146. The second-order valence-electron chi connectivity index (χ2n) is 5.68. The van der Waals surface area contributed by atoms with Crippen molar-refractivity contribution in [2.45, 2.75) is 26.7 Å². The highest BCUT2D eigenvalue weighted by Crippen LogP contribution is 2.26. The van der Waals surface area contributed by atoms with E-state index in [1.165, 1.54) is 0 Å². The molecule has 5 nitrogen and oxygen atoms in total. The van der Waals surface area contributed by atoms with Crippen LogP contribution in [-0.2, 0) is 9.59 Å². The minimum atomic E-state index is -0.845. The van der Waals surface area contributed by atoms with E-state index in [1.54, 1.807) is 17.0 Å². The first-order valence-electron chi connectivity index (χ1n) is 7.28. The lowest BCUT2D eigenvalue weighted by atomic mass is 9.98. The number of rotatable bonds is 4. The Hall–Kier alpha value is -1.75. The van der Waals surface area contributed by atoms with Gasteiger partial charge in [0.05, 0.1) is 5.92 Å². The smallest absolute Gasteiger partial charge is 0.308 e. The summed E-state index contributed by atoms with van der Waals surface area (Å²) in [6.45, 7) is 4.52. The molecule has 1 atom stereocenters. The highest BCUT2D eigenvalue weighted by atomic mass is 35.5. The van der Waals surface area contributed by atoms with Gasteiger partial charge in [-0.2, -0.15) is 0 Å². The molecule has 0 bridgehead atoms. The molecule has 22 heavy (non-hydrogen) atoms. The zero-order valence-corrected chi connectivity index (χ0v) is 13.5. The number of aliphatic carboxylic acids is 1. The molecule has 1 N–H and O–H groups in total. The van der Waals surface area contributed by atoms with Gasteiger partial charge in [-0.25, -0.2) is 0 Å². The summed E-state index contributed by atoms with van der Waals surface area (Å²) in [6.07, 6.45) is 1.33. The summed E-state index contributed by atoms with van der Waals surface area (Å²) in [5.41, 5.74) is 1.79. The van der Waals surface area contributed by atoms with E-state index >= 15 is 0 Å². The molecule has 1 amide bonds. The van der Waals surface area contributed by atoms with Crippen LogP contribution >= 0.6 is 11.6 Å². The van der Waals surface area contributed by atoms with Gasteiger partial charge < -0.3 is 14.7 Å². The Labute approximate surface area is 134 Å². The SMILES string of the molecule is Cc1cc(OCC(=O)N2CCC[C@H](C(=O)O)C2)cc(C)c1Cl. The minimum absolute atomic E-state index is 0.0904. The predicted octanol–water partition coefficient (Wildman–Crippen LogP) is 2.66. The number of likely N-dealkylation sites (tertiary alicyclic amines) is 1. The van der Waals surface area contributed by atoms with Gasteiger partial charge in [0.15, 0.2) is 6.61 Å². The number of aryl methyl sites for hydroxylation is 2. The van der Waals surface area contributed by atoms with Crippen molar-refractivity contribution in [2.75, 3.05) is 19.7 Å². The van der Waals surface area contributed by atoms with E-state index < -0.39 is 11.9 Å². The number of carbonyl (C=O) groups is 2. The van der Waals surface area contributed by atoms with Crippen LogP contribution in [0, 0.1) is 19.8 Å². The normalized spacial score (nSPS) is 18.1. The molecule has 1 fully saturated rings. The van der Waals surface area contributed by atoms with E-state index in [0.29, 0.717) is 30.2 Å². The van der Waals surface area contributed by atoms with Gasteiger partial charge in [-0.15, -0.1) is 0 Å². The maximum atomic E-state index is 12.2. The molecule has 0 spiro atoms. The van der Waals surface area contributed by atoms with Gasteiger partial charge >= 0.3 is 5.97 Å². The molecular formula is C16H20ClNO4. The van der Waals surface area contributed by atoms with E-state index in [9.17, 15) is 9.59 Å². The van der Waals surface area contributed by atoms with E-state index in [-0.39, 0.29) is 19.1 Å². The van der Waals surface area contributed by atoms with Gasteiger partial charge in [0.25, 0.3) is 5.91 Å². The van der Waals surface area contributed by atoms with Crippen LogP contribution in [0.5, 0.6) is 5.75 Å². The quantitative estimate of drug-likeness (QED) is 0.924. The molecular weight excluding hydrogens is 306 g/mol. The van der Waals surface area contributed by atoms with Crippen molar-refractivity contribution in [2.24, 2.45) is 5.92 Å². The Bertz CT molecular complexity index is 565. The first kappa shape index (κ1) is 16.6. The average molecular weight is 326 g/mol. The zero-order chi connectivity index (χ0) is 16.3. The number of carboxylic acid groups (broad SMARTS) is 1. The molecule has 1 aliphatic heterocycles. The fourth-order valence-electron chi connectivity index (χ4n) is 2.63. The molecule has 0 radical (unpaired) electrons. The third-order valence-corrected chi connectivity index (χ3v) is 4.49. The van der Waals surface area contributed by atoms with Gasteiger partial charge in [0.2, 0.25) is 0 Å². The maximum absolute atomic E-state index is 12.2. The molecule has 0 unspecified atom stereocenters. The highest BCUT2D eigenvalue weighted by molar-refractivity contribution is 6.32. The van der Waals surface area contributed by atoms with Crippen LogP contribution < -0.4 is 4.74 Å². The molecule has 1 saturated heterocycles.